The number of pyridine rings is 1. The van der Waals surface area contributed by atoms with Crippen molar-refractivity contribution in [2.75, 3.05) is 0 Å². The van der Waals surface area contributed by atoms with Crippen LogP contribution in [0, 0.1) is 0 Å². The molecular weight excluding hydrogens is 250 g/mol. The molecule has 0 saturated heterocycles. The van der Waals surface area contributed by atoms with E-state index >= 15 is 0 Å². The highest BCUT2D eigenvalue weighted by Crippen LogP contribution is 2.38. The number of aromatic nitrogens is 3. The number of hydrogen-bond acceptors (Lipinski definition) is 3. The lowest BCUT2D eigenvalue weighted by atomic mass is 10.0. The molecule has 0 spiro atoms. The Balaban J connectivity index is 1.84. The van der Waals surface area contributed by atoms with Gasteiger partial charge in [0.05, 0.1) is 18.2 Å². The Hall–Kier alpha value is -2.20. The number of imidazole rings is 1. The highest BCUT2D eigenvalue weighted by molar-refractivity contribution is 5.85. The molecule has 1 N–H and O–H groups in total. The monoisotopic (exact) mass is 265 g/mol. The lowest BCUT2D eigenvalue weighted by molar-refractivity contribution is 0.211. The quantitative estimate of drug-likeness (QED) is 0.792. The molecule has 1 aliphatic rings. The fourth-order valence-electron chi connectivity index (χ4n) is 2.72. The van der Waals surface area contributed by atoms with Gasteiger partial charge in [-0.05, 0) is 29.9 Å². The molecule has 4 heteroatoms. The van der Waals surface area contributed by atoms with Crippen molar-refractivity contribution in [3.63, 3.8) is 0 Å². The average Bonchev–Trinajstić information content (AvgIpc) is 3.23. The third kappa shape index (κ3) is 1.80. The number of aliphatic hydroxyl groups excluding tert-OH is 1. The van der Waals surface area contributed by atoms with E-state index in [1.54, 1.807) is 12.4 Å². The Labute approximate surface area is 116 Å². The van der Waals surface area contributed by atoms with Gasteiger partial charge in [0.15, 0.2) is 0 Å². The Morgan fingerprint density at radius 1 is 1.15 bits per heavy atom. The molecule has 1 atom stereocenters. The van der Waals surface area contributed by atoms with Crippen LogP contribution in [0.4, 0.5) is 0 Å². The molecular formula is C16H15N3O. The molecule has 1 aliphatic carbocycles. The van der Waals surface area contributed by atoms with Crippen LogP contribution in [0.5, 0.6) is 0 Å². The van der Waals surface area contributed by atoms with Crippen LogP contribution in [0.3, 0.4) is 0 Å². The summed E-state index contributed by atoms with van der Waals surface area (Å²) in [5.74, 6) is 0. The average molecular weight is 265 g/mol. The summed E-state index contributed by atoms with van der Waals surface area (Å²) in [5, 5.41) is 12.8. The van der Waals surface area contributed by atoms with Crippen molar-refractivity contribution in [3.8, 4) is 0 Å². The molecule has 0 bridgehead atoms. The summed E-state index contributed by atoms with van der Waals surface area (Å²) in [7, 11) is 0. The van der Waals surface area contributed by atoms with Gasteiger partial charge in [-0.1, -0.05) is 18.2 Å². The second-order valence-corrected chi connectivity index (χ2v) is 5.30. The molecule has 4 rings (SSSR count). The van der Waals surface area contributed by atoms with Crippen LogP contribution in [-0.2, 0) is 0 Å². The van der Waals surface area contributed by atoms with E-state index in [-0.39, 0.29) is 0 Å². The third-order valence-corrected chi connectivity index (χ3v) is 3.93. The second-order valence-electron chi connectivity index (χ2n) is 5.30. The number of hydrogen-bond donors (Lipinski definition) is 1. The molecule has 3 aromatic rings. The van der Waals surface area contributed by atoms with Crippen molar-refractivity contribution in [2.45, 2.75) is 25.0 Å². The Bertz CT molecular complexity index is 756. The van der Waals surface area contributed by atoms with Crippen molar-refractivity contribution in [1.29, 1.82) is 0 Å². The Kier molecular flexibility index (Phi) is 2.57. The lowest BCUT2D eigenvalue weighted by Crippen LogP contribution is -2.07. The molecule has 0 amide bonds. The zero-order valence-corrected chi connectivity index (χ0v) is 11.0. The summed E-state index contributed by atoms with van der Waals surface area (Å²) >= 11 is 0. The van der Waals surface area contributed by atoms with Gasteiger partial charge in [-0.3, -0.25) is 4.98 Å². The molecule has 20 heavy (non-hydrogen) atoms. The molecule has 100 valence electrons. The van der Waals surface area contributed by atoms with Gasteiger partial charge < -0.3 is 9.67 Å². The first-order valence-electron chi connectivity index (χ1n) is 6.87. The van der Waals surface area contributed by atoms with Crippen molar-refractivity contribution in [2.24, 2.45) is 0 Å². The Morgan fingerprint density at radius 3 is 2.90 bits per heavy atom. The molecule has 1 unspecified atom stereocenters. The standard InChI is InChI=1S/C16H15N3O/c20-16(15-9-18-10-19(15)12-4-5-12)13-3-1-2-11-6-7-17-8-14(11)13/h1-3,6-10,12,16,20H,4-5H2. The van der Waals surface area contributed by atoms with Crippen molar-refractivity contribution >= 4 is 10.8 Å². The third-order valence-electron chi connectivity index (χ3n) is 3.93. The fourth-order valence-corrected chi connectivity index (χ4v) is 2.72. The smallest absolute Gasteiger partial charge is 0.121 e. The van der Waals surface area contributed by atoms with Crippen LogP contribution >= 0.6 is 0 Å². The molecule has 0 aliphatic heterocycles. The maximum absolute atomic E-state index is 10.7. The predicted octanol–water partition coefficient (Wildman–Crippen LogP) is 2.85. The minimum Gasteiger partial charge on any atom is -0.382 e. The number of aliphatic hydroxyl groups is 1. The first kappa shape index (κ1) is 11.6. The predicted molar refractivity (Wildman–Crippen MR) is 76.3 cm³/mol. The number of nitrogens with zero attached hydrogens (tertiary/aromatic N) is 3. The normalized spacial score (nSPS) is 16.4. The van der Waals surface area contributed by atoms with Crippen LogP contribution in [-0.4, -0.2) is 19.6 Å². The summed E-state index contributed by atoms with van der Waals surface area (Å²) < 4.78 is 2.10. The van der Waals surface area contributed by atoms with Gasteiger partial charge >= 0.3 is 0 Å². The van der Waals surface area contributed by atoms with E-state index in [0.717, 1.165) is 22.0 Å². The first-order valence-corrected chi connectivity index (χ1v) is 6.87. The second kappa shape index (κ2) is 4.42. The van der Waals surface area contributed by atoms with E-state index in [2.05, 4.69) is 14.5 Å². The van der Waals surface area contributed by atoms with Gasteiger partial charge in [-0.2, -0.15) is 0 Å². The molecule has 1 aromatic carbocycles. The van der Waals surface area contributed by atoms with Crippen LogP contribution in [0.2, 0.25) is 0 Å². The fraction of sp³-hybridized carbons (Fsp3) is 0.250. The number of fused-ring (bicyclic) bond motifs is 1. The van der Waals surface area contributed by atoms with Crippen molar-refractivity contribution in [3.05, 3.63) is 60.4 Å². The summed E-state index contributed by atoms with van der Waals surface area (Å²) in [6.45, 7) is 0. The van der Waals surface area contributed by atoms with Crippen LogP contribution in [0.25, 0.3) is 10.8 Å². The van der Waals surface area contributed by atoms with Gasteiger partial charge in [-0.15, -0.1) is 0 Å². The SMILES string of the molecule is OC(c1cccc2ccncc12)c1cncn1C1CC1. The topological polar surface area (TPSA) is 50.9 Å². The molecule has 1 fully saturated rings. The van der Waals surface area contributed by atoms with Gasteiger partial charge in [0, 0.05) is 23.8 Å². The lowest BCUT2D eigenvalue weighted by Gasteiger charge is -2.15. The van der Waals surface area contributed by atoms with E-state index in [9.17, 15) is 5.11 Å². The molecule has 0 radical (unpaired) electrons. The van der Waals surface area contributed by atoms with Crippen molar-refractivity contribution in [1.82, 2.24) is 14.5 Å². The highest BCUT2D eigenvalue weighted by atomic mass is 16.3. The van der Waals surface area contributed by atoms with E-state index in [0.29, 0.717) is 6.04 Å². The zero-order chi connectivity index (χ0) is 13.5. The number of benzene rings is 1. The highest BCUT2D eigenvalue weighted by Gasteiger charge is 2.28. The van der Waals surface area contributed by atoms with Gasteiger partial charge in [0.25, 0.3) is 0 Å². The van der Waals surface area contributed by atoms with Gasteiger partial charge in [-0.25, -0.2) is 4.98 Å². The number of rotatable bonds is 3. The van der Waals surface area contributed by atoms with Crippen LogP contribution < -0.4 is 0 Å². The summed E-state index contributed by atoms with van der Waals surface area (Å²) in [6, 6.07) is 8.43. The first-order chi connectivity index (χ1) is 9.84. The van der Waals surface area contributed by atoms with E-state index < -0.39 is 6.10 Å². The maximum Gasteiger partial charge on any atom is 0.121 e. The van der Waals surface area contributed by atoms with Crippen LogP contribution in [0.15, 0.2) is 49.2 Å². The van der Waals surface area contributed by atoms with E-state index in [4.69, 9.17) is 0 Å². The molecule has 2 heterocycles. The summed E-state index contributed by atoms with van der Waals surface area (Å²) in [6.07, 6.45) is 8.85. The van der Waals surface area contributed by atoms with E-state index in [1.807, 2.05) is 36.8 Å². The zero-order valence-electron chi connectivity index (χ0n) is 11.0. The molecule has 2 aromatic heterocycles. The minimum absolute atomic E-state index is 0.509. The Morgan fingerprint density at radius 2 is 2.05 bits per heavy atom. The largest absolute Gasteiger partial charge is 0.382 e. The minimum atomic E-state index is -0.661. The molecule has 4 nitrogen and oxygen atoms in total. The van der Waals surface area contributed by atoms with Crippen molar-refractivity contribution < 1.29 is 5.11 Å². The van der Waals surface area contributed by atoms with Crippen LogP contribution in [0.1, 0.15) is 36.2 Å². The summed E-state index contributed by atoms with van der Waals surface area (Å²) in [4.78, 5) is 8.37. The van der Waals surface area contributed by atoms with E-state index in [1.165, 1.54) is 12.8 Å². The van der Waals surface area contributed by atoms with Gasteiger partial charge in [0.1, 0.15) is 6.10 Å². The summed E-state index contributed by atoms with van der Waals surface area (Å²) in [5.41, 5.74) is 1.75. The maximum atomic E-state index is 10.7. The molecule has 1 saturated carbocycles. The van der Waals surface area contributed by atoms with Gasteiger partial charge in [0.2, 0.25) is 0 Å².